The van der Waals surface area contributed by atoms with E-state index in [1.807, 2.05) is 0 Å². The first-order chi connectivity index (χ1) is 8.11. The Morgan fingerprint density at radius 3 is 2.65 bits per heavy atom. The number of rotatable bonds is 3. The van der Waals surface area contributed by atoms with Crippen molar-refractivity contribution in [3.63, 3.8) is 0 Å². The predicted octanol–water partition coefficient (Wildman–Crippen LogP) is 3.41. The van der Waals surface area contributed by atoms with Crippen LogP contribution in [-0.2, 0) is 0 Å². The molecule has 1 aromatic carbocycles. The molecule has 0 aliphatic carbocycles. The molecule has 0 saturated heterocycles. The molecule has 0 bridgehead atoms. The van der Waals surface area contributed by atoms with Crippen LogP contribution in [-0.4, -0.2) is 16.1 Å². The number of halogens is 3. The van der Waals surface area contributed by atoms with Crippen molar-refractivity contribution in [2.24, 2.45) is 0 Å². The molecule has 0 fully saturated rings. The molecule has 88 valence electrons. The second-order valence-electron chi connectivity index (χ2n) is 3.34. The first kappa shape index (κ1) is 11.7. The zero-order chi connectivity index (χ0) is 12.4. The molecule has 0 unspecified atom stereocenters. The molecule has 0 aliphatic heterocycles. The van der Waals surface area contributed by atoms with E-state index in [1.165, 1.54) is 24.5 Å². The minimum Gasteiger partial charge on any atom is -0.298 e. The Kier molecular flexibility index (Phi) is 3.19. The zero-order valence-corrected chi connectivity index (χ0v) is 9.23. The van der Waals surface area contributed by atoms with Gasteiger partial charge in [0.25, 0.3) is 0 Å². The van der Waals surface area contributed by atoms with E-state index in [0.29, 0.717) is 27.7 Å². The van der Waals surface area contributed by atoms with Gasteiger partial charge >= 0.3 is 6.55 Å². The van der Waals surface area contributed by atoms with E-state index in [9.17, 15) is 13.6 Å². The average Bonchev–Trinajstić information content (AvgIpc) is 2.78. The highest BCUT2D eigenvalue weighted by atomic mass is 35.5. The minimum absolute atomic E-state index is 0.280. The van der Waals surface area contributed by atoms with Crippen LogP contribution in [0.5, 0.6) is 0 Å². The molecule has 0 spiro atoms. The molecular formula is C11H7ClF2N2O. The van der Waals surface area contributed by atoms with Gasteiger partial charge in [0.1, 0.15) is 0 Å². The summed E-state index contributed by atoms with van der Waals surface area (Å²) >= 11 is 5.84. The topological polar surface area (TPSA) is 34.9 Å². The predicted molar refractivity (Wildman–Crippen MR) is 59.3 cm³/mol. The molecule has 6 heteroatoms. The molecule has 2 rings (SSSR count). The fourth-order valence-corrected chi connectivity index (χ4v) is 1.62. The molecule has 0 atom stereocenters. The smallest absolute Gasteiger partial charge is 0.298 e. The van der Waals surface area contributed by atoms with E-state index in [4.69, 9.17) is 11.6 Å². The summed E-state index contributed by atoms with van der Waals surface area (Å²) in [7, 11) is 0. The second kappa shape index (κ2) is 4.63. The summed E-state index contributed by atoms with van der Waals surface area (Å²) < 4.78 is 25.2. The Balaban J connectivity index is 2.39. The highest BCUT2D eigenvalue weighted by Crippen LogP contribution is 2.25. The first-order valence-corrected chi connectivity index (χ1v) is 5.07. The van der Waals surface area contributed by atoms with Crippen LogP contribution in [0.2, 0.25) is 5.02 Å². The molecule has 0 saturated carbocycles. The Labute approximate surface area is 101 Å². The molecule has 0 aliphatic rings. The summed E-state index contributed by atoms with van der Waals surface area (Å²) in [6, 6.07) is 4.70. The zero-order valence-electron chi connectivity index (χ0n) is 8.48. The number of aromatic nitrogens is 2. The molecule has 2 aromatic rings. The third kappa shape index (κ3) is 2.34. The minimum atomic E-state index is -2.67. The van der Waals surface area contributed by atoms with E-state index in [1.54, 1.807) is 6.07 Å². The molecule has 1 aromatic heterocycles. The molecular weight excluding hydrogens is 250 g/mol. The van der Waals surface area contributed by atoms with Crippen LogP contribution >= 0.6 is 11.6 Å². The van der Waals surface area contributed by atoms with Gasteiger partial charge in [0.2, 0.25) is 0 Å². The van der Waals surface area contributed by atoms with Gasteiger partial charge in [0.15, 0.2) is 6.29 Å². The van der Waals surface area contributed by atoms with Gasteiger partial charge in [-0.1, -0.05) is 17.7 Å². The standard InChI is InChI=1S/C11H7ClF2N2O/c12-10-3-7(1-2-8(10)6-17)9-4-15-16(5-9)11(13)14/h1-6,11H. The van der Waals surface area contributed by atoms with E-state index < -0.39 is 6.55 Å². The fourth-order valence-electron chi connectivity index (χ4n) is 1.40. The van der Waals surface area contributed by atoms with Gasteiger partial charge in [0, 0.05) is 17.3 Å². The summed E-state index contributed by atoms with van der Waals surface area (Å²) in [5.74, 6) is 0. The highest BCUT2D eigenvalue weighted by Gasteiger charge is 2.09. The Morgan fingerprint density at radius 1 is 1.35 bits per heavy atom. The summed E-state index contributed by atoms with van der Waals surface area (Å²) in [6.45, 7) is -2.67. The molecule has 1 heterocycles. The Morgan fingerprint density at radius 2 is 2.12 bits per heavy atom. The number of carbonyl (C=O) groups is 1. The lowest BCUT2D eigenvalue weighted by molar-refractivity contribution is 0.0566. The molecule has 3 nitrogen and oxygen atoms in total. The lowest BCUT2D eigenvalue weighted by atomic mass is 10.1. The van der Waals surface area contributed by atoms with Crippen LogP contribution in [0.4, 0.5) is 8.78 Å². The second-order valence-corrected chi connectivity index (χ2v) is 3.75. The Bertz CT molecular complexity index is 554. The number of carbonyl (C=O) groups excluding carboxylic acids is 1. The number of hydrogen-bond acceptors (Lipinski definition) is 2. The van der Waals surface area contributed by atoms with E-state index >= 15 is 0 Å². The van der Waals surface area contributed by atoms with Crippen molar-refractivity contribution in [3.8, 4) is 11.1 Å². The van der Waals surface area contributed by atoms with Gasteiger partial charge in [-0.05, 0) is 17.7 Å². The average molecular weight is 257 g/mol. The quantitative estimate of drug-likeness (QED) is 0.789. The largest absolute Gasteiger partial charge is 0.333 e. The van der Waals surface area contributed by atoms with Gasteiger partial charge < -0.3 is 0 Å². The SMILES string of the molecule is O=Cc1ccc(-c2cnn(C(F)F)c2)cc1Cl. The van der Waals surface area contributed by atoms with Crippen LogP contribution in [0.1, 0.15) is 16.9 Å². The number of nitrogens with zero attached hydrogens (tertiary/aromatic N) is 2. The van der Waals surface area contributed by atoms with Crippen LogP contribution in [0, 0.1) is 0 Å². The van der Waals surface area contributed by atoms with E-state index in [-0.39, 0.29) is 5.02 Å². The molecule has 0 amide bonds. The van der Waals surface area contributed by atoms with Crippen LogP contribution in [0.3, 0.4) is 0 Å². The maximum Gasteiger partial charge on any atom is 0.333 e. The summed E-state index contributed by atoms with van der Waals surface area (Å²) in [4.78, 5) is 10.6. The van der Waals surface area contributed by atoms with Gasteiger partial charge in [0.05, 0.1) is 11.2 Å². The monoisotopic (exact) mass is 256 g/mol. The maximum atomic E-state index is 12.3. The normalized spacial score (nSPS) is 10.8. The fraction of sp³-hybridized carbons (Fsp3) is 0.0909. The molecule has 0 radical (unpaired) electrons. The van der Waals surface area contributed by atoms with Gasteiger partial charge in [-0.15, -0.1) is 0 Å². The van der Waals surface area contributed by atoms with Crippen molar-refractivity contribution < 1.29 is 13.6 Å². The van der Waals surface area contributed by atoms with Crippen molar-refractivity contribution >= 4 is 17.9 Å². The van der Waals surface area contributed by atoms with Gasteiger partial charge in [-0.25, -0.2) is 4.68 Å². The lowest BCUT2D eigenvalue weighted by Crippen LogP contribution is -1.96. The third-order valence-corrected chi connectivity index (χ3v) is 2.59. The summed E-state index contributed by atoms with van der Waals surface area (Å²) in [5.41, 5.74) is 1.51. The lowest BCUT2D eigenvalue weighted by Gasteiger charge is -2.00. The highest BCUT2D eigenvalue weighted by molar-refractivity contribution is 6.33. The summed E-state index contributed by atoms with van der Waals surface area (Å²) in [5, 5.41) is 3.80. The third-order valence-electron chi connectivity index (χ3n) is 2.26. The van der Waals surface area contributed by atoms with Crippen molar-refractivity contribution in [2.45, 2.75) is 6.55 Å². The number of aldehydes is 1. The number of alkyl halides is 2. The van der Waals surface area contributed by atoms with Crippen molar-refractivity contribution in [1.29, 1.82) is 0 Å². The first-order valence-electron chi connectivity index (χ1n) is 4.69. The molecule has 17 heavy (non-hydrogen) atoms. The summed E-state index contributed by atoms with van der Waals surface area (Å²) in [6.07, 6.45) is 3.17. The van der Waals surface area contributed by atoms with E-state index in [0.717, 1.165) is 0 Å². The van der Waals surface area contributed by atoms with Crippen molar-refractivity contribution in [1.82, 2.24) is 9.78 Å². The maximum absolute atomic E-state index is 12.3. The molecule has 0 N–H and O–H groups in total. The van der Waals surface area contributed by atoms with Crippen LogP contribution in [0.25, 0.3) is 11.1 Å². The van der Waals surface area contributed by atoms with Crippen LogP contribution in [0.15, 0.2) is 30.6 Å². The Hall–Kier alpha value is -1.75. The van der Waals surface area contributed by atoms with Crippen molar-refractivity contribution in [2.75, 3.05) is 0 Å². The van der Waals surface area contributed by atoms with Crippen molar-refractivity contribution in [3.05, 3.63) is 41.2 Å². The van der Waals surface area contributed by atoms with Gasteiger partial charge in [-0.2, -0.15) is 13.9 Å². The van der Waals surface area contributed by atoms with Crippen LogP contribution < -0.4 is 0 Å². The van der Waals surface area contributed by atoms with E-state index in [2.05, 4.69) is 5.10 Å². The number of benzene rings is 1. The number of hydrogen-bond donors (Lipinski definition) is 0. The van der Waals surface area contributed by atoms with Gasteiger partial charge in [-0.3, -0.25) is 4.79 Å².